The Bertz CT molecular complexity index is 712. The van der Waals surface area contributed by atoms with Crippen LogP contribution in [-0.4, -0.2) is 35.8 Å². The molecule has 1 N–H and O–H groups in total. The van der Waals surface area contributed by atoms with Crippen molar-refractivity contribution < 1.29 is 22.8 Å². The number of hydrogen-bond acceptors (Lipinski definition) is 2. The van der Waals surface area contributed by atoms with Crippen LogP contribution in [0.1, 0.15) is 68.1 Å². The van der Waals surface area contributed by atoms with E-state index in [1.165, 1.54) is 32.1 Å². The summed E-state index contributed by atoms with van der Waals surface area (Å²) in [6, 6.07) is 1.45. The van der Waals surface area contributed by atoms with Gasteiger partial charge >= 0.3 is 0 Å². The van der Waals surface area contributed by atoms with Gasteiger partial charge in [-0.3, -0.25) is 9.59 Å². The van der Waals surface area contributed by atoms with E-state index in [0.29, 0.717) is 38.3 Å². The van der Waals surface area contributed by atoms with Crippen molar-refractivity contribution in [1.29, 1.82) is 0 Å². The molecule has 1 aromatic rings. The molecule has 0 aromatic heterocycles. The number of nitrogens with one attached hydrogen (secondary N) is 1. The number of likely N-dealkylation sites (tertiary alicyclic amines) is 1. The molecule has 1 aliphatic heterocycles. The molecule has 1 heterocycles. The maximum atomic E-state index is 13.7. The minimum absolute atomic E-state index is 0.155. The summed E-state index contributed by atoms with van der Waals surface area (Å²) in [7, 11) is 0. The molecule has 2 fully saturated rings. The third-order valence-electron chi connectivity index (χ3n) is 5.95. The fourth-order valence-electron chi connectivity index (χ4n) is 4.20. The number of piperidine rings is 1. The number of carbonyl (C=O) groups is 2. The highest BCUT2D eigenvalue weighted by Gasteiger charge is 2.26. The maximum absolute atomic E-state index is 13.7. The van der Waals surface area contributed by atoms with Crippen LogP contribution < -0.4 is 5.32 Å². The summed E-state index contributed by atoms with van der Waals surface area (Å²) in [6.45, 7) is 1.07. The fourth-order valence-corrected chi connectivity index (χ4v) is 4.20. The summed E-state index contributed by atoms with van der Waals surface area (Å²) in [5.74, 6) is -4.39. The van der Waals surface area contributed by atoms with Crippen molar-refractivity contribution in [3.8, 4) is 0 Å². The van der Waals surface area contributed by atoms with Gasteiger partial charge in [-0.15, -0.1) is 0 Å². The summed E-state index contributed by atoms with van der Waals surface area (Å²) < 4.78 is 40.0. The predicted octanol–water partition coefficient (Wildman–Crippen LogP) is 4.19. The number of rotatable bonds is 5. The van der Waals surface area contributed by atoms with Gasteiger partial charge in [0.15, 0.2) is 17.5 Å². The molecular weight excluding hydrogens is 369 g/mol. The molecule has 1 aliphatic carbocycles. The first-order valence-corrected chi connectivity index (χ1v) is 10.2. The maximum Gasteiger partial charge on any atom is 0.254 e. The lowest BCUT2D eigenvalue weighted by Crippen LogP contribution is -2.46. The van der Waals surface area contributed by atoms with Gasteiger partial charge in [-0.05, 0) is 37.3 Å². The molecule has 0 unspecified atom stereocenters. The van der Waals surface area contributed by atoms with Gasteiger partial charge in [0.25, 0.3) is 5.91 Å². The first-order chi connectivity index (χ1) is 13.5. The second-order valence-electron chi connectivity index (χ2n) is 7.89. The summed E-state index contributed by atoms with van der Waals surface area (Å²) in [4.78, 5) is 26.4. The first kappa shape index (κ1) is 20.7. The van der Waals surface area contributed by atoms with Crippen LogP contribution in [0.2, 0.25) is 0 Å². The highest BCUT2D eigenvalue weighted by Crippen LogP contribution is 2.27. The number of nitrogens with zero attached hydrogens (tertiary/aromatic N) is 1. The van der Waals surface area contributed by atoms with Crippen LogP contribution in [0, 0.1) is 23.4 Å². The molecule has 0 atom stereocenters. The molecule has 154 valence electrons. The van der Waals surface area contributed by atoms with E-state index in [1.54, 1.807) is 0 Å². The minimum atomic E-state index is -1.65. The molecule has 3 rings (SSSR count). The Labute approximate surface area is 163 Å². The Morgan fingerprint density at radius 1 is 0.964 bits per heavy atom. The minimum Gasteiger partial charge on any atom is -0.349 e. The lowest BCUT2D eigenvalue weighted by atomic mass is 9.86. The van der Waals surface area contributed by atoms with E-state index >= 15 is 0 Å². The Morgan fingerprint density at radius 3 is 2.32 bits per heavy atom. The van der Waals surface area contributed by atoms with Gasteiger partial charge in [-0.2, -0.15) is 0 Å². The van der Waals surface area contributed by atoms with Crippen LogP contribution in [0.15, 0.2) is 12.1 Å². The van der Waals surface area contributed by atoms with Gasteiger partial charge in [0.1, 0.15) is 0 Å². The molecular formula is C21H27F3N2O2. The lowest BCUT2D eigenvalue weighted by Gasteiger charge is -2.33. The van der Waals surface area contributed by atoms with Gasteiger partial charge in [-0.1, -0.05) is 32.1 Å². The second kappa shape index (κ2) is 9.43. The summed E-state index contributed by atoms with van der Waals surface area (Å²) in [5.41, 5.74) is -0.509. The van der Waals surface area contributed by atoms with Crippen LogP contribution >= 0.6 is 0 Å². The molecule has 4 nitrogen and oxygen atoms in total. The number of hydrogen-bond donors (Lipinski definition) is 1. The largest absolute Gasteiger partial charge is 0.349 e. The third-order valence-corrected chi connectivity index (χ3v) is 5.95. The summed E-state index contributed by atoms with van der Waals surface area (Å²) in [5, 5.41) is 2.66. The van der Waals surface area contributed by atoms with Crippen molar-refractivity contribution in [3.63, 3.8) is 0 Å². The normalized spacial score (nSPS) is 18.9. The van der Waals surface area contributed by atoms with Crippen molar-refractivity contribution >= 4 is 11.8 Å². The van der Waals surface area contributed by atoms with E-state index in [0.717, 1.165) is 18.6 Å². The zero-order valence-corrected chi connectivity index (χ0v) is 16.0. The van der Waals surface area contributed by atoms with E-state index in [9.17, 15) is 22.8 Å². The number of benzene rings is 1. The molecule has 2 amide bonds. The molecule has 0 radical (unpaired) electrons. The Kier molecular flexibility index (Phi) is 6.97. The summed E-state index contributed by atoms with van der Waals surface area (Å²) >= 11 is 0. The second-order valence-corrected chi connectivity index (χ2v) is 7.89. The van der Waals surface area contributed by atoms with E-state index in [-0.39, 0.29) is 11.9 Å². The van der Waals surface area contributed by atoms with Gasteiger partial charge in [0, 0.05) is 25.6 Å². The lowest BCUT2D eigenvalue weighted by molar-refractivity contribution is -0.132. The highest BCUT2D eigenvalue weighted by atomic mass is 19.2. The number of amides is 2. The zero-order valence-electron chi connectivity index (χ0n) is 16.0. The van der Waals surface area contributed by atoms with Gasteiger partial charge in [-0.25, -0.2) is 13.2 Å². The van der Waals surface area contributed by atoms with Crippen molar-refractivity contribution in [1.82, 2.24) is 10.2 Å². The molecule has 1 aromatic carbocycles. The smallest absolute Gasteiger partial charge is 0.254 e. The standard InChI is InChI=1S/C21H27F3N2O2/c22-17-8-7-16(19(23)20(17)24)21(28)25-15-10-12-26(13-11-15)18(27)9-6-14-4-2-1-3-5-14/h7-8,14-15H,1-6,9-13H2,(H,25,28). The zero-order chi connectivity index (χ0) is 20.1. The Hall–Kier alpha value is -2.05. The highest BCUT2D eigenvalue weighted by molar-refractivity contribution is 5.94. The Morgan fingerprint density at radius 2 is 1.64 bits per heavy atom. The molecule has 7 heteroatoms. The molecule has 28 heavy (non-hydrogen) atoms. The molecule has 1 saturated carbocycles. The van der Waals surface area contributed by atoms with E-state index < -0.39 is 28.9 Å². The molecule has 1 saturated heterocycles. The predicted molar refractivity (Wildman–Crippen MR) is 99.2 cm³/mol. The average molecular weight is 396 g/mol. The number of halogens is 3. The average Bonchev–Trinajstić information content (AvgIpc) is 2.71. The van der Waals surface area contributed by atoms with E-state index in [4.69, 9.17) is 0 Å². The number of carbonyl (C=O) groups excluding carboxylic acids is 2. The van der Waals surface area contributed by atoms with Crippen molar-refractivity contribution in [2.24, 2.45) is 5.92 Å². The SMILES string of the molecule is O=C(NC1CCN(C(=O)CCC2CCCCC2)CC1)c1ccc(F)c(F)c1F. The topological polar surface area (TPSA) is 49.4 Å². The van der Waals surface area contributed by atoms with Crippen LogP contribution in [0.5, 0.6) is 0 Å². The van der Waals surface area contributed by atoms with Crippen molar-refractivity contribution in [2.45, 2.75) is 63.8 Å². The first-order valence-electron chi connectivity index (χ1n) is 10.2. The fraction of sp³-hybridized carbons (Fsp3) is 0.619. The van der Waals surface area contributed by atoms with Crippen LogP contribution in [0.25, 0.3) is 0 Å². The quantitative estimate of drug-likeness (QED) is 0.759. The van der Waals surface area contributed by atoms with E-state index in [1.807, 2.05) is 4.90 Å². The monoisotopic (exact) mass is 396 g/mol. The molecule has 2 aliphatic rings. The van der Waals surface area contributed by atoms with Crippen LogP contribution in [0.4, 0.5) is 13.2 Å². The third kappa shape index (κ3) is 5.06. The molecule has 0 spiro atoms. The van der Waals surface area contributed by atoms with E-state index in [2.05, 4.69) is 5.32 Å². The van der Waals surface area contributed by atoms with Gasteiger partial charge < -0.3 is 10.2 Å². The van der Waals surface area contributed by atoms with Crippen LogP contribution in [-0.2, 0) is 4.79 Å². The van der Waals surface area contributed by atoms with Crippen LogP contribution in [0.3, 0.4) is 0 Å². The molecule has 0 bridgehead atoms. The summed E-state index contributed by atoms with van der Waals surface area (Å²) in [6.07, 6.45) is 8.93. The van der Waals surface area contributed by atoms with Gasteiger partial charge in [0.2, 0.25) is 5.91 Å². The van der Waals surface area contributed by atoms with Gasteiger partial charge in [0.05, 0.1) is 5.56 Å². The Balaban J connectivity index is 1.44. The van der Waals surface area contributed by atoms with Crippen molar-refractivity contribution in [3.05, 3.63) is 35.1 Å². The van der Waals surface area contributed by atoms with Crippen molar-refractivity contribution in [2.75, 3.05) is 13.1 Å².